The molecule has 0 unspecified atom stereocenters. The minimum absolute atomic E-state index is 0.0456. The number of nitrogens with one attached hydrogen (secondary N) is 4. The maximum absolute atomic E-state index is 12.4. The molecule has 0 spiro atoms. The number of hydrogen-bond acceptors (Lipinski definition) is 7. The molecule has 1 fully saturated rings. The molecule has 1 aliphatic heterocycles. The summed E-state index contributed by atoms with van der Waals surface area (Å²) in [4.78, 5) is 34.8. The molecule has 1 saturated heterocycles. The number of benzene rings is 2. The van der Waals surface area contributed by atoms with Crippen molar-refractivity contribution in [2.24, 2.45) is 0 Å². The lowest BCUT2D eigenvalue weighted by Gasteiger charge is -2.15. The molecule has 4 N–H and O–H groups in total. The van der Waals surface area contributed by atoms with Crippen LogP contribution in [0.25, 0.3) is 10.9 Å². The van der Waals surface area contributed by atoms with Crippen LogP contribution in [0, 0.1) is 0 Å². The average Bonchev–Trinajstić information content (AvgIpc) is 3.52. The van der Waals surface area contributed by atoms with Crippen molar-refractivity contribution in [3.63, 3.8) is 0 Å². The van der Waals surface area contributed by atoms with Gasteiger partial charge >= 0.3 is 0 Å². The van der Waals surface area contributed by atoms with Crippen LogP contribution >= 0.6 is 0 Å². The van der Waals surface area contributed by atoms with Gasteiger partial charge in [-0.05, 0) is 48.7 Å². The molecule has 10 heteroatoms. The summed E-state index contributed by atoms with van der Waals surface area (Å²) in [6, 6.07) is 15.3. The van der Waals surface area contributed by atoms with Crippen LogP contribution in [0.1, 0.15) is 24.8 Å². The number of carbonyl (C=O) groups is 2. The van der Waals surface area contributed by atoms with Crippen LogP contribution in [0.5, 0.6) is 0 Å². The van der Waals surface area contributed by atoms with Gasteiger partial charge in [-0.1, -0.05) is 18.2 Å². The Morgan fingerprint density at radius 2 is 2.03 bits per heavy atom. The van der Waals surface area contributed by atoms with Crippen LogP contribution in [0.2, 0.25) is 0 Å². The van der Waals surface area contributed by atoms with Crippen LogP contribution < -0.4 is 16.0 Å². The van der Waals surface area contributed by atoms with E-state index >= 15 is 0 Å². The molecule has 0 atom stereocenters. The molecular weight excluding hydrogens is 456 g/mol. The molecular formula is C26H28N8O2. The van der Waals surface area contributed by atoms with E-state index in [1.165, 1.54) is 0 Å². The highest BCUT2D eigenvalue weighted by Crippen LogP contribution is 2.25. The predicted octanol–water partition coefficient (Wildman–Crippen LogP) is 3.51. The van der Waals surface area contributed by atoms with E-state index in [1.54, 1.807) is 18.5 Å². The number of likely N-dealkylation sites (tertiary alicyclic amines) is 1. The molecule has 0 bridgehead atoms. The Morgan fingerprint density at radius 3 is 2.92 bits per heavy atom. The number of hydrogen-bond donors (Lipinski definition) is 4. The third kappa shape index (κ3) is 5.77. The Balaban J connectivity index is 1.15. The number of carbonyl (C=O) groups excluding carboxylic acids is 2. The van der Waals surface area contributed by atoms with Crippen LogP contribution in [-0.2, 0) is 16.0 Å². The lowest BCUT2D eigenvalue weighted by atomic mass is 10.1. The summed E-state index contributed by atoms with van der Waals surface area (Å²) in [5, 5.41) is 17.5. The summed E-state index contributed by atoms with van der Waals surface area (Å²) in [5.74, 6) is 1.26. The summed E-state index contributed by atoms with van der Waals surface area (Å²) in [6.45, 7) is 2.08. The lowest BCUT2D eigenvalue weighted by Crippen LogP contribution is -2.31. The van der Waals surface area contributed by atoms with Gasteiger partial charge < -0.3 is 20.9 Å². The van der Waals surface area contributed by atoms with Crippen molar-refractivity contribution in [1.29, 1.82) is 0 Å². The van der Waals surface area contributed by atoms with E-state index in [1.807, 2.05) is 47.4 Å². The van der Waals surface area contributed by atoms with Crippen LogP contribution in [0.15, 0.2) is 60.9 Å². The number of fused-ring (bicyclic) bond motifs is 1. The van der Waals surface area contributed by atoms with Crippen molar-refractivity contribution in [2.45, 2.75) is 25.7 Å². The summed E-state index contributed by atoms with van der Waals surface area (Å²) < 4.78 is 0. The molecule has 2 aromatic heterocycles. The molecule has 3 heterocycles. The van der Waals surface area contributed by atoms with Crippen molar-refractivity contribution < 1.29 is 9.59 Å². The number of anilines is 4. The molecule has 4 aromatic rings. The standard InChI is InChI=1S/C26H28N8O2/c35-24(27-11-4-14-34-13-3-9-25(34)36)16-18-5-1-6-19(15-18)30-26-28-12-10-23(32-26)31-21-7-2-8-22-20(21)17-29-33-22/h1-2,5-8,10,12,15,17H,3-4,9,11,13-14,16H2,(H,27,35)(H,29,33)(H2,28,30,31,32). The zero-order valence-corrected chi connectivity index (χ0v) is 19.8. The summed E-state index contributed by atoms with van der Waals surface area (Å²) in [7, 11) is 0. The second-order valence-electron chi connectivity index (χ2n) is 8.72. The number of aromatic amines is 1. The molecule has 5 rings (SSSR count). The molecule has 184 valence electrons. The van der Waals surface area contributed by atoms with E-state index in [0.717, 1.165) is 47.2 Å². The van der Waals surface area contributed by atoms with Crippen molar-refractivity contribution in [1.82, 2.24) is 30.4 Å². The topological polar surface area (TPSA) is 128 Å². The van der Waals surface area contributed by atoms with E-state index in [9.17, 15) is 9.59 Å². The Hall–Kier alpha value is -4.47. The lowest BCUT2D eigenvalue weighted by molar-refractivity contribution is -0.127. The van der Waals surface area contributed by atoms with E-state index in [2.05, 4.69) is 36.1 Å². The van der Waals surface area contributed by atoms with E-state index in [-0.39, 0.29) is 18.2 Å². The average molecular weight is 485 g/mol. The first kappa shape index (κ1) is 23.3. The Labute approximate surface area is 208 Å². The van der Waals surface area contributed by atoms with Crippen LogP contribution in [-0.4, -0.2) is 56.5 Å². The third-order valence-corrected chi connectivity index (χ3v) is 6.05. The zero-order valence-electron chi connectivity index (χ0n) is 19.8. The van der Waals surface area contributed by atoms with Gasteiger partial charge in [0.15, 0.2) is 0 Å². The molecule has 0 radical (unpaired) electrons. The van der Waals surface area contributed by atoms with Gasteiger partial charge in [0.1, 0.15) is 5.82 Å². The van der Waals surface area contributed by atoms with Crippen molar-refractivity contribution in [3.05, 3.63) is 66.5 Å². The predicted molar refractivity (Wildman–Crippen MR) is 138 cm³/mol. The van der Waals surface area contributed by atoms with Crippen LogP contribution in [0.3, 0.4) is 0 Å². The number of H-pyrrole nitrogens is 1. The first-order valence-electron chi connectivity index (χ1n) is 12.1. The maximum atomic E-state index is 12.4. The SMILES string of the molecule is O=C(Cc1cccc(Nc2nccc(Nc3cccc4[nH]ncc34)n2)c1)NCCCN1CCCC1=O. The molecule has 1 aliphatic rings. The number of nitrogens with zero attached hydrogens (tertiary/aromatic N) is 4. The Bertz CT molecular complexity index is 1370. The van der Waals surface area contributed by atoms with Gasteiger partial charge in [-0.25, -0.2) is 4.98 Å². The molecule has 10 nitrogen and oxygen atoms in total. The second kappa shape index (κ2) is 10.9. The molecule has 36 heavy (non-hydrogen) atoms. The Kier molecular flexibility index (Phi) is 7.02. The first-order chi connectivity index (χ1) is 17.6. The fraction of sp³-hybridized carbons (Fsp3) is 0.269. The van der Waals surface area contributed by atoms with Gasteiger partial charge in [0.2, 0.25) is 17.8 Å². The molecule has 2 aromatic carbocycles. The van der Waals surface area contributed by atoms with E-state index < -0.39 is 0 Å². The smallest absolute Gasteiger partial charge is 0.229 e. The number of aromatic nitrogens is 4. The van der Waals surface area contributed by atoms with E-state index in [4.69, 9.17) is 0 Å². The van der Waals surface area contributed by atoms with Crippen molar-refractivity contribution in [3.8, 4) is 0 Å². The highest BCUT2D eigenvalue weighted by molar-refractivity contribution is 5.92. The van der Waals surface area contributed by atoms with Crippen LogP contribution in [0.4, 0.5) is 23.1 Å². The fourth-order valence-electron chi connectivity index (χ4n) is 4.28. The summed E-state index contributed by atoms with van der Waals surface area (Å²) in [6.07, 6.45) is 6.06. The van der Waals surface area contributed by atoms with Gasteiger partial charge in [-0.2, -0.15) is 10.1 Å². The third-order valence-electron chi connectivity index (χ3n) is 6.05. The quantitative estimate of drug-likeness (QED) is 0.254. The normalized spacial score (nSPS) is 13.2. The highest BCUT2D eigenvalue weighted by Gasteiger charge is 2.19. The minimum Gasteiger partial charge on any atom is -0.356 e. The first-order valence-corrected chi connectivity index (χ1v) is 12.1. The second-order valence-corrected chi connectivity index (χ2v) is 8.72. The number of amides is 2. The van der Waals surface area contributed by atoms with Crippen molar-refractivity contribution in [2.75, 3.05) is 30.3 Å². The van der Waals surface area contributed by atoms with Crippen molar-refractivity contribution >= 4 is 45.9 Å². The fourth-order valence-corrected chi connectivity index (χ4v) is 4.28. The summed E-state index contributed by atoms with van der Waals surface area (Å²) in [5.41, 5.74) is 3.51. The molecule has 0 aliphatic carbocycles. The van der Waals surface area contributed by atoms with Gasteiger partial charge in [-0.3, -0.25) is 14.7 Å². The molecule has 0 saturated carbocycles. The maximum Gasteiger partial charge on any atom is 0.229 e. The van der Waals surface area contributed by atoms with Gasteiger partial charge in [0.05, 0.1) is 23.8 Å². The van der Waals surface area contributed by atoms with Gasteiger partial charge in [-0.15, -0.1) is 0 Å². The largest absolute Gasteiger partial charge is 0.356 e. The van der Waals surface area contributed by atoms with E-state index in [0.29, 0.717) is 31.3 Å². The summed E-state index contributed by atoms with van der Waals surface area (Å²) >= 11 is 0. The minimum atomic E-state index is -0.0456. The zero-order chi connectivity index (χ0) is 24.7. The highest BCUT2D eigenvalue weighted by atomic mass is 16.2. The molecule has 2 amide bonds. The van der Waals surface area contributed by atoms with Gasteiger partial charge in [0.25, 0.3) is 0 Å². The monoisotopic (exact) mass is 484 g/mol. The Morgan fingerprint density at radius 1 is 1.11 bits per heavy atom. The number of rotatable bonds is 10. The van der Waals surface area contributed by atoms with Gasteiger partial charge in [0, 0.05) is 43.3 Å².